The molecule has 2 rings (SSSR count). The minimum absolute atomic E-state index is 0.141. The fourth-order valence-corrected chi connectivity index (χ4v) is 2.08. The van der Waals surface area contributed by atoms with Gasteiger partial charge in [-0.05, 0) is 48.9 Å². The summed E-state index contributed by atoms with van der Waals surface area (Å²) < 4.78 is 11.0. The van der Waals surface area contributed by atoms with Crippen LogP contribution in [0.25, 0.3) is 0 Å². The third-order valence-electron chi connectivity index (χ3n) is 3.28. The predicted octanol–water partition coefficient (Wildman–Crippen LogP) is 4.26. The number of ether oxygens (including phenoxy) is 2. The lowest BCUT2D eigenvalue weighted by Crippen LogP contribution is -2.21. The van der Waals surface area contributed by atoms with Crippen molar-refractivity contribution in [3.05, 3.63) is 73.3 Å². The van der Waals surface area contributed by atoms with Crippen molar-refractivity contribution in [3.63, 3.8) is 0 Å². The number of carbonyl (C=O) groups excluding carboxylic acids is 1. The van der Waals surface area contributed by atoms with E-state index in [4.69, 9.17) is 9.47 Å². The lowest BCUT2D eigenvalue weighted by atomic mass is 10.3. The SMILES string of the molecule is C=CCOc1cccc(NCC(=O)Nc2ccc(OCC(=C)C)cc2)c1. The third kappa shape index (κ3) is 6.73. The largest absolute Gasteiger partial charge is 0.489 e. The molecule has 0 aliphatic rings. The van der Waals surface area contributed by atoms with Crippen LogP contribution >= 0.6 is 0 Å². The smallest absolute Gasteiger partial charge is 0.243 e. The van der Waals surface area contributed by atoms with E-state index in [0.717, 1.165) is 22.8 Å². The molecule has 0 aromatic heterocycles. The van der Waals surface area contributed by atoms with Gasteiger partial charge in [0.15, 0.2) is 0 Å². The van der Waals surface area contributed by atoms with E-state index in [-0.39, 0.29) is 12.5 Å². The van der Waals surface area contributed by atoms with Crippen LogP contribution in [0.4, 0.5) is 11.4 Å². The molecule has 0 aliphatic heterocycles. The van der Waals surface area contributed by atoms with Gasteiger partial charge < -0.3 is 20.1 Å². The third-order valence-corrected chi connectivity index (χ3v) is 3.28. The van der Waals surface area contributed by atoms with Gasteiger partial charge in [-0.15, -0.1) is 0 Å². The fourth-order valence-electron chi connectivity index (χ4n) is 2.08. The summed E-state index contributed by atoms with van der Waals surface area (Å²) in [6, 6.07) is 14.7. The lowest BCUT2D eigenvalue weighted by molar-refractivity contribution is -0.114. The normalized spacial score (nSPS) is 9.88. The maximum atomic E-state index is 12.1. The van der Waals surface area contributed by atoms with Crippen LogP contribution in [0.5, 0.6) is 11.5 Å². The van der Waals surface area contributed by atoms with Gasteiger partial charge >= 0.3 is 0 Å². The molecule has 0 atom stereocenters. The molecule has 2 aromatic carbocycles. The van der Waals surface area contributed by atoms with Crippen LogP contribution in [-0.4, -0.2) is 25.7 Å². The van der Waals surface area contributed by atoms with E-state index in [1.165, 1.54) is 0 Å². The zero-order chi connectivity index (χ0) is 18.8. The van der Waals surface area contributed by atoms with Crippen LogP contribution in [-0.2, 0) is 4.79 Å². The molecule has 26 heavy (non-hydrogen) atoms. The molecular formula is C21H24N2O3. The zero-order valence-electron chi connectivity index (χ0n) is 15.0. The molecule has 2 N–H and O–H groups in total. The molecular weight excluding hydrogens is 328 g/mol. The molecule has 0 aliphatic carbocycles. The lowest BCUT2D eigenvalue weighted by Gasteiger charge is -2.10. The summed E-state index contributed by atoms with van der Waals surface area (Å²) in [5.41, 5.74) is 2.47. The summed E-state index contributed by atoms with van der Waals surface area (Å²) >= 11 is 0. The van der Waals surface area contributed by atoms with Crippen LogP contribution < -0.4 is 20.1 Å². The average Bonchev–Trinajstić information content (AvgIpc) is 2.64. The first-order chi connectivity index (χ1) is 12.6. The van der Waals surface area contributed by atoms with E-state index in [9.17, 15) is 4.79 Å². The van der Waals surface area contributed by atoms with Crippen LogP contribution in [0.15, 0.2) is 73.3 Å². The van der Waals surface area contributed by atoms with E-state index in [2.05, 4.69) is 23.8 Å². The summed E-state index contributed by atoms with van der Waals surface area (Å²) in [4.78, 5) is 12.1. The quantitative estimate of drug-likeness (QED) is 0.627. The molecule has 0 heterocycles. The standard InChI is InChI=1S/C21H24N2O3/c1-4-12-25-20-7-5-6-18(13-20)22-14-21(24)23-17-8-10-19(11-9-17)26-15-16(2)3/h4-11,13,22H,1-2,12,14-15H2,3H3,(H,23,24). The zero-order valence-corrected chi connectivity index (χ0v) is 15.0. The molecule has 2 aromatic rings. The topological polar surface area (TPSA) is 59.6 Å². The Labute approximate surface area is 154 Å². The van der Waals surface area contributed by atoms with E-state index in [1.807, 2.05) is 43.3 Å². The summed E-state index contributed by atoms with van der Waals surface area (Å²) in [7, 11) is 0. The van der Waals surface area contributed by atoms with Crippen molar-refractivity contribution >= 4 is 17.3 Å². The van der Waals surface area contributed by atoms with Crippen molar-refractivity contribution in [2.24, 2.45) is 0 Å². The van der Waals surface area contributed by atoms with Gasteiger partial charge in [-0.2, -0.15) is 0 Å². The van der Waals surface area contributed by atoms with E-state index in [0.29, 0.717) is 18.9 Å². The Hall–Kier alpha value is -3.21. The second kappa shape index (κ2) is 9.93. The van der Waals surface area contributed by atoms with Crippen molar-refractivity contribution in [2.75, 3.05) is 30.4 Å². The minimum Gasteiger partial charge on any atom is -0.489 e. The molecule has 0 saturated heterocycles. The summed E-state index contributed by atoms with van der Waals surface area (Å²) in [5, 5.41) is 5.91. The summed E-state index contributed by atoms with van der Waals surface area (Å²) in [5.74, 6) is 1.32. The number of amides is 1. The number of nitrogens with one attached hydrogen (secondary N) is 2. The second-order valence-corrected chi connectivity index (χ2v) is 5.80. The predicted molar refractivity (Wildman–Crippen MR) is 106 cm³/mol. The van der Waals surface area contributed by atoms with E-state index in [1.54, 1.807) is 18.2 Å². The number of carbonyl (C=O) groups is 1. The summed E-state index contributed by atoms with van der Waals surface area (Å²) in [6.45, 7) is 10.4. The molecule has 0 unspecified atom stereocenters. The number of rotatable bonds is 10. The highest BCUT2D eigenvalue weighted by Crippen LogP contribution is 2.18. The molecule has 0 fully saturated rings. The first-order valence-corrected chi connectivity index (χ1v) is 8.31. The van der Waals surface area contributed by atoms with E-state index < -0.39 is 0 Å². The second-order valence-electron chi connectivity index (χ2n) is 5.80. The van der Waals surface area contributed by atoms with Gasteiger partial charge in [0.25, 0.3) is 0 Å². The Kier molecular flexibility index (Phi) is 7.31. The number of benzene rings is 2. The first-order valence-electron chi connectivity index (χ1n) is 8.31. The Morgan fingerprint density at radius 3 is 2.54 bits per heavy atom. The molecule has 0 bridgehead atoms. The molecule has 5 nitrogen and oxygen atoms in total. The number of hydrogen-bond donors (Lipinski definition) is 2. The van der Waals surface area contributed by atoms with Crippen molar-refractivity contribution in [2.45, 2.75) is 6.92 Å². The molecule has 0 radical (unpaired) electrons. The van der Waals surface area contributed by atoms with Crippen molar-refractivity contribution in [1.82, 2.24) is 0 Å². The van der Waals surface area contributed by atoms with Gasteiger partial charge in [0.2, 0.25) is 5.91 Å². The molecule has 136 valence electrons. The van der Waals surface area contributed by atoms with Gasteiger partial charge in [-0.3, -0.25) is 4.79 Å². The highest BCUT2D eigenvalue weighted by molar-refractivity contribution is 5.93. The molecule has 0 saturated carbocycles. The summed E-state index contributed by atoms with van der Waals surface area (Å²) in [6.07, 6.45) is 1.68. The van der Waals surface area contributed by atoms with Gasteiger partial charge in [0.05, 0.1) is 6.54 Å². The molecule has 1 amide bonds. The minimum atomic E-state index is -0.141. The Balaban J connectivity index is 1.81. The Morgan fingerprint density at radius 1 is 1.08 bits per heavy atom. The van der Waals surface area contributed by atoms with Crippen molar-refractivity contribution < 1.29 is 14.3 Å². The Bertz CT molecular complexity index is 754. The number of anilines is 2. The molecule has 5 heteroatoms. The Morgan fingerprint density at radius 2 is 1.85 bits per heavy atom. The van der Waals surface area contributed by atoms with Crippen molar-refractivity contribution in [3.8, 4) is 11.5 Å². The van der Waals surface area contributed by atoms with Crippen LogP contribution in [0.2, 0.25) is 0 Å². The fraction of sp³-hybridized carbons (Fsp3) is 0.190. The highest BCUT2D eigenvalue weighted by atomic mass is 16.5. The van der Waals surface area contributed by atoms with Gasteiger partial charge in [0, 0.05) is 17.4 Å². The average molecular weight is 352 g/mol. The van der Waals surface area contributed by atoms with Crippen LogP contribution in [0.3, 0.4) is 0 Å². The van der Waals surface area contributed by atoms with Crippen LogP contribution in [0, 0.1) is 0 Å². The molecule has 0 spiro atoms. The van der Waals surface area contributed by atoms with E-state index >= 15 is 0 Å². The van der Waals surface area contributed by atoms with Gasteiger partial charge in [0.1, 0.15) is 24.7 Å². The monoisotopic (exact) mass is 352 g/mol. The maximum absolute atomic E-state index is 12.1. The van der Waals surface area contributed by atoms with Crippen LogP contribution in [0.1, 0.15) is 6.92 Å². The van der Waals surface area contributed by atoms with Crippen molar-refractivity contribution in [1.29, 1.82) is 0 Å². The number of hydrogen-bond acceptors (Lipinski definition) is 4. The van der Waals surface area contributed by atoms with Gasteiger partial charge in [-0.1, -0.05) is 25.3 Å². The first kappa shape index (κ1) is 19.1. The van der Waals surface area contributed by atoms with Gasteiger partial charge in [-0.25, -0.2) is 0 Å². The maximum Gasteiger partial charge on any atom is 0.243 e. The highest BCUT2D eigenvalue weighted by Gasteiger charge is 2.04.